The Balaban J connectivity index is 1.90. The van der Waals surface area contributed by atoms with E-state index in [0.717, 1.165) is 19.3 Å². The van der Waals surface area contributed by atoms with E-state index in [0.29, 0.717) is 18.4 Å². The lowest BCUT2D eigenvalue weighted by molar-refractivity contribution is -0.147. The molecule has 4 unspecified atom stereocenters. The summed E-state index contributed by atoms with van der Waals surface area (Å²) in [5, 5.41) is 23.1. The first-order valence-corrected chi connectivity index (χ1v) is 6.98. The van der Waals surface area contributed by atoms with Crippen LogP contribution in [0.25, 0.3) is 0 Å². The van der Waals surface area contributed by atoms with Gasteiger partial charge in [0.05, 0.1) is 12.5 Å². The lowest BCUT2D eigenvalue weighted by atomic mass is 9.85. The fourth-order valence-electron chi connectivity index (χ4n) is 3.17. The van der Waals surface area contributed by atoms with Gasteiger partial charge in [0.15, 0.2) is 0 Å². The first-order chi connectivity index (χ1) is 9.47. The van der Waals surface area contributed by atoms with Crippen LogP contribution in [0.4, 0.5) is 0 Å². The number of carbonyl (C=O) groups is 3. The van der Waals surface area contributed by atoms with Crippen LogP contribution in [-0.2, 0) is 14.4 Å². The van der Waals surface area contributed by atoms with Crippen LogP contribution in [0.15, 0.2) is 0 Å². The molecule has 0 bridgehead atoms. The number of rotatable bonds is 5. The van der Waals surface area contributed by atoms with E-state index in [9.17, 15) is 14.4 Å². The quantitative estimate of drug-likeness (QED) is 0.562. The van der Waals surface area contributed by atoms with Gasteiger partial charge in [-0.2, -0.15) is 0 Å². The topological polar surface area (TPSA) is 116 Å². The van der Waals surface area contributed by atoms with Gasteiger partial charge in [-0.15, -0.1) is 0 Å². The fourth-order valence-corrected chi connectivity index (χ4v) is 3.17. The maximum absolute atomic E-state index is 12.1. The van der Waals surface area contributed by atoms with Crippen LogP contribution < -0.4 is 10.6 Å². The van der Waals surface area contributed by atoms with Crippen molar-refractivity contribution in [3.63, 3.8) is 0 Å². The van der Waals surface area contributed by atoms with Crippen molar-refractivity contribution >= 4 is 17.8 Å². The van der Waals surface area contributed by atoms with Crippen molar-refractivity contribution in [3.8, 4) is 0 Å². The number of amides is 1. The minimum absolute atomic E-state index is 0.335. The van der Waals surface area contributed by atoms with Gasteiger partial charge in [-0.1, -0.05) is 12.8 Å². The molecule has 1 aliphatic heterocycles. The van der Waals surface area contributed by atoms with Crippen molar-refractivity contribution in [3.05, 3.63) is 0 Å². The predicted molar refractivity (Wildman–Crippen MR) is 69.1 cm³/mol. The van der Waals surface area contributed by atoms with E-state index in [1.54, 1.807) is 0 Å². The molecular formula is C13H20N2O5. The molecule has 0 aromatic heterocycles. The molecule has 1 saturated carbocycles. The highest BCUT2D eigenvalue weighted by molar-refractivity contribution is 5.89. The van der Waals surface area contributed by atoms with E-state index < -0.39 is 36.4 Å². The van der Waals surface area contributed by atoms with Gasteiger partial charge in [0.2, 0.25) is 5.91 Å². The van der Waals surface area contributed by atoms with Gasteiger partial charge >= 0.3 is 11.9 Å². The average Bonchev–Trinajstić information content (AvgIpc) is 2.81. The summed E-state index contributed by atoms with van der Waals surface area (Å²) in [7, 11) is 0. The molecule has 0 aromatic carbocycles. The normalized spacial score (nSPS) is 30.3. The number of carbonyl (C=O) groups excluding carboxylic acids is 1. The lowest BCUT2D eigenvalue weighted by Gasteiger charge is -2.24. The number of aliphatic carboxylic acids is 2. The zero-order valence-corrected chi connectivity index (χ0v) is 11.2. The molecule has 2 fully saturated rings. The third kappa shape index (κ3) is 3.47. The Morgan fingerprint density at radius 1 is 1.20 bits per heavy atom. The van der Waals surface area contributed by atoms with Crippen molar-refractivity contribution in [1.82, 2.24) is 10.6 Å². The summed E-state index contributed by atoms with van der Waals surface area (Å²) in [4.78, 5) is 33.6. The lowest BCUT2D eigenvalue weighted by Crippen LogP contribution is -2.49. The first kappa shape index (κ1) is 14.8. The van der Waals surface area contributed by atoms with Crippen LogP contribution in [0.1, 0.15) is 38.5 Å². The predicted octanol–water partition coefficient (Wildman–Crippen LogP) is -0.0488. The van der Waals surface area contributed by atoms with Crippen LogP contribution in [0, 0.1) is 5.92 Å². The molecule has 0 spiro atoms. The molecule has 0 aromatic rings. The maximum Gasteiger partial charge on any atom is 0.326 e. The Hall–Kier alpha value is -1.63. The molecule has 20 heavy (non-hydrogen) atoms. The van der Waals surface area contributed by atoms with Gasteiger partial charge < -0.3 is 20.8 Å². The Bertz CT molecular complexity index is 398. The van der Waals surface area contributed by atoms with Crippen molar-refractivity contribution < 1.29 is 24.6 Å². The molecule has 7 nitrogen and oxygen atoms in total. The standard InChI is InChI=1S/C13H20N2O5/c16-11(17)6-10(13(19)20)15-12(18)9-5-7-3-1-2-4-8(7)14-9/h7-10,14H,1-6H2,(H,15,18)(H,16,17)(H,19,20). The molecule has 0 radical (unpaired) electrons. The summed E-state index contributed by atoms with van der Waals surface area (Å²) in [6, 6.07) is -1.44. The second-order valence-corrected chi connectivity index (χ2v) is 5.60. The van der Waals surface area contributed by atoms with E-state index in [1.165, 1.54) is 6.42 Å². The number of hydrogen-bond donors (Lipinski definition) is 4. The van der Waals surface area contributed by atoms with E-state index in [1.807, 2.05) is 0 Å². The van der Waals surface area contributed by atoms with E-state index in [2.05, 4.69) is 10.6 Å². The summed E-state index contributed by atoms with van der Waals surface area (Å²) in [5.74, 6) is -2.50. The van der Waals surface area contributed by atoms with Crippen molar-refractivity contribution in [2.75, 3.05) is 0 Å². The Morgan fingerprint density at radius 2 is 1.90 bits per heavy atom. The van der Waals surface area contributed by atoms with Crippen molar-refractivity contribution in [1.29, 1.82) is 0 Å². The first-order valence-electron chi connectivity index (χ1n) is 6.98. The molecule has 1 aliphatic carbocycles. The van der Waals surface area contributed by atoms with Gasteiger partial charge in [0.1, 0.15) is 6.04 Å². The molecule has 2 rings (SSSR count). The number of carboxylic acid groups (broad SMARTS) is 2. The minimum atomic E-state index is -1.37. The smallest absolute Gasteiger partial charge is 0.326 e. The fraction of sp³-hybridized carbons (Fsp3) is 0.769. The van der Waals surface area contributed by atoms with Crippen molar-refractivity contribution in [2.24, 2.45) is 5.92 Å². The van der Waals surface area contributed by atoms with Gasteiger partial charge in [-0.25, -0.2) is 4.79 Å². The highest BCUT2D eigenvalue weighted by atomic mass is 16.4. The van der Waals surface area contributed by atoms with E-state index >= 15 is 0 Å². The van der Waals surface area contributed by atoms with Crippen LogP contribution in [0.3, 0.4) is 0 Å². The van der Waals surface area contributed by atoms with Crippen LogP contribution in [-0.4, -0.2) is 46.2 Å². The van der Waals surface area contributed by atoms with E-state index in [-0.39, 0.29) is 0 Å². The number of hydrogen-bond acceptors (Lipinski definition) is 4. The Morgan fingerprint density at radius 3 is 2.50 bits per heavy atom. The summed E-state index contributed by atoms with van der Waals surface area (Å²) in [5.41, 5.74) is 0. The second-order valence-electron chi connectivity index (χ2n) is 5.60. The van der Waals surface area contributed by atoms with Gasteiger partial charge in [0.25, 0.3) is 0 Å². The molecule has 7 heteroatoms. The highest BCUT2D eigenvalue weighted by Crippen LogP contribution is 2.33. The zero-order valence-electron chi connectivity index (χ0n) is 11.2. The molecule has 4 N–H and O–H groups in total. The number of fused-ring (bicyclic) bond motifs is 1. The summed E-state index contributed by atoms with van der Waals surface area (Å²) in [6.07, 6.45) is 4.56. The SMILES string of the molecule is O=C(O)CC(NC(=O)C1CC2CCCCC2N1)C(=O)O. The molecule has 2 aliphatic rings. The van der Waals surface area contributed by atoms with Gasteiger partial charge in [-0.05, 0) is 25.2 Å². The third-order valence-electron chi connectivity index (χ3n) is 4.17. The maximum atomic E-state index is 12.1. The number of nitrogens with one attached hydrogen (secondary N) is 2. The van der Waals surface area contributed by atoms with Crippen LogP contribution in [0.5, 0.6) is 0 Å². The largest absolute Gasteiger partial charge is 0.481 e. The highest BCUT2D eigenvalue weighted by Gasteiger charge is 2.39. The second kappa shape index (κ2) is 6.21. The monoisotopic (exact) mass is 284 g/mol. The van der Waals surface area contributed by atoms with Gasteiger partial charge in [0, 0.05) is 6.04 Å². The van der Waals surface area contributed by atoms with Gasteiger partial charge in [-0.3, -0.25) is 9.59 Å². The molecule has 1 amide bonds. The molecule has 4 atom stereocenters. The van der Waals surface area contributed by atoms with Crippen LogP contribution in [0.2, 0.25) is 0 Å². The Kier molecular flexibility index (Phi) is 4.59. The average molecular weight is 284 g/mol. The summed E-state index contributed by atoms with van der Waals surface area (Å²) in [6.45, 7) is 0. The zero-order chi connectivity index (χ0) is 14.7. The Labute approximate surface area is 116 Å². The molecule has 1 heterocycles. The van der Waals surface area contributed by atoms with Crippen molar-refractivity contribution in [2.45, 2.75) is 56.7 Å². The molecule has 112 valence electrons. The minimum Gasteiger partial charge on any atom is -0.481 e. The van der Waals surface area contributed by atoms with E-state index in [4.69, 9.17) is 10.2 Å². The third-order valence-corrected chi connectivity index (χ3v) is 4.17. The van der Waals surface area contributed by atoms with Crippen LogP contribution >= 0.6 is 0 Å². The number of carboxylic acids is 2. The molecule has 1 saturated heterocycles. The summed E-state index contributed by atoms with van der Waals surface area (Å²) >= 11 is 0. The summed E-state index contributed by atoms with van der Waals surface area (Å²) < 4.78 is 0. The molecular weight excluding hydrogens is 264 g/mol.